The number of nitrogens with zero attached hydrogens (tertiary/aromatic N) is 1. The number of rotatable bonds is 1. The Bertz CT molecular complexity index is 194. The van der Waals surface area contributed by atoms with Crippen molar-refractivity contribution in [3.63, 3.8) is 0 Å². The molecule has 1 radical (unpaired) electrons. The average Bonchev–Trinajstić information content (AvgIpc) is 2.15. The molecule has 0 atom stereocenters. The molecule has 0 amide bonds. The van der Waals surface area contributed by atoms with Crippen molar-refractivity contribution < 1.29 is 0 Å². The summed E-state index contributed by atoms with van der Waals surface area (Å²) in [7, 11) is 0. The second-order valence-corrected chi connectivity index (χ2v) is 2.59. The molecule has 0 spiro atoms. The van der Waals surface area contributed by atoms with Crippen LogP contribution in [0, 0.1) is 0 Å². The summed E-state index contributed by atoms with van der Waals surface area (Å²) in [6.45, 7) is 0. The van der Waals surface area contributed by atoms with Crippen molar-refractivity contribution in [2.75, 3.05) is 5.32 Å². The summed E-state index contributed by atoms with van der Waals surface area (Å²) >= 11 is 5.89. The van der Waals surface area contributed by atoms with Crippen LogP contribution in [0.25, 0.3) is 0 Å². The average molecular weight is 158 g/mol. The van der Waals surface area contributed by atoms with Gasteiger partial charge in [0.2, 0.25) is 0 Å². The lowest BCUT2D eigenvalue weighted by molar-refractivity contribution is 1.40. The predicted octanol–water partition coefficient (Wildman–Crippen LogP) is 1.12. The van der Waals surface area contributed by atoms with Crippen molar-refractivity contribution >= 4 is 33.8 Å². The van der Waals surface area contributed by atoms with Crippen LogP contribution in [-0.4, -0.2) is 10.1 Å². The Hall–Kier alpha value is -0.680. The molecule has 1 aromatic heterocycles. The molecule has 3 nitrogen and oxygen atoms in total. The highest BCUT2D eigenvalue weighted by Crippen LogP contribution is 2.08. The van der Waals surface area contributed by atoms with E-state index in [2.05, 4.69) is 22.5 Å². The summed E-state index contributed by atoms with van der Waals surface area (Å²) in [5.74, 6) is 0. The van der Waals surface area contributed by atoms with Gasteiger partial charge in [-0.1, -0.05) is 0 Å². The topological polar surface area (TPSA) is 48.7 Å². The lowest BCUT2D eigenvalue weighted by Crippen LogP contribution is -2.08. The highest BCUT2D eigenvalue weighted by molar-refractivity contribution is 7.80. The summed E-state index contributed by atoms with van der Waals surface area (Å²) < 4.78 is 0. The van der Waals surface area contributed by atoms with E-state index < -0.39 is 0 Å². The van der Waals surface area contributed by atoms with Crippen molar-refractivity contribution in [3.8, 4) is 0 Å². The molecule has 0 aliphatic heterocycles. The first-order chi connectivity index (χ1) is 4.29. The minimum Gasteiger partial charge on any atom is -0.307 e. The summed E-state index contributed by atoms with van der Waals surface area (Å²) in [6, 6.07) is 0. The molecule has 1 heterocycles. The Morgan fingerprint density at radius 2 is 2.67 bits per heavy atom. The van der Waals surface area contributed by atoms with Gasteiger partial charge < -0.3 is 5.32 Å². The Labute approximate surface area is 61.9 Å². The quantitative estimate of drug-likeness (QED) is 0.623. The SMILES string of the molecule is [NH]C(=S)Nc1nccs1. The van der Waals surface area contributed by atoms with Crippen LogP contribution in [0.1, 0.15) is 0 Å². The minimum atomic E-state index is 0.00458. The number of hydrogen-bond acceptors (Lipinski definition) is 3. The van der Waals surface area contributed by atoms with E-state index in [-0.39, 0.29) is 5.11 Å². The predicted molar refractivity (Wildman–Crippen MR) is 41.4 cm³/mol. The molecule has 47 valence electrons. The lowest BCUT2D eigenvalue weighted by atomic mass is 11.0. The van der Waals surface area contributed by atoms with Crippen LogP contribution >= 0.6 is 23.6 Å². The fraction of sp³-hybridized carbons (Fsp3) is 0. The first-order valence-electron chi connectivity index (χ1n) is 2.21. The molecule has 0 fully saturated rings. The van der Waals surface area contributed by atoms with E-state index in [1.165, 1.54) is 11.3 Å². The van der Waals surface area contributed by atoms with E-state index in [4.69, 9.17) is 5.73 Å². The van der Waals surface area contributed by atoms with Crippen LogP contribution in [-0.2, 0) is 0 Å². The Kier molecular flexibility index (Phi) is 1.96. The van der Waals surface area contributed by atoms with Gasteiger partial charge >= 0.3 is 0 Å². The first kappa shape index (κ1) is 6.44. The number of nitrogens with one attached hydrogen (secondary N) is 2. The Balaban J connectivity index is 2.58. The van der Waals surface area contributed by atoms with Gasteiger partial charge in [0.05, 0.1) is 0 Å². The van der Waals surface area contributed by atoms with E-state index in [0.717, 1.165) is 0 Å². The number of thiazole rings is 1. The largest absolute Gasteiger partial charge is 0.307 e. The molecule has 1 rings (SSSR count). The van der Waals surface area contributed by atoms with Crippen molar-refractivity contribution in [2.45, 2.75) is 0 Å². The summed E-state index contributed by atoms with van der Waals surface area (Å²) in [6.07, 6.45) is 1.66. The molecule has 2 N–H and O–H groups in total. The highest BCUT2D eigenvalue weighted by Gasteiger charge is 1.92. The van der Waals surface area contributed by atoms with E-state index in [9.17, 15) is 0 Å². The van der Waals surface area contributed by atoms with E-state index >= 15 is 0 Å². The van der Waals surface area contributed by atoms with Gasteiger partial charge in [-0.15, -0.1) is 11.3 Å². The molecule has 5 heteroatoms. The van der Waals surface area contributed by atoms with Gasteiger partial charge in [-0.05, 0) is 12.2 Å². The maximum atomic E-state index is 6.84. The van der Waals surface area contributed by atoms with Crippen LogP contribution in [0.2, 0.25) is 0 Å². The summed E-state index contributed by atoms with van der Waals surface area (Å²) in [4.78, 5) is 3.86. The number of anilines is 1. The maximum absolute atomic E-state index is 6.84. The number of aromatic nitrogens is 1. The van der Waals surface area contributed by atoms with E-state index in [1.54, 1.807) is 6.20 Å². The van der Waals surface area contributed by atoms with Gasteiger partial charge in [-0.2, -0.15) is 0 Å². The second-order valence-electron chi connectivity index (χ2n) is 1.29. The zero-order valence-electron chi connectivity index (χ0n) is 4.42. The lowest BCUT2D eigenvalue weighted by Gasteiger charge is -1.92. The zero-order chi connectivity index (χ0) is 6.69. The van der Waals surface area contributed by atoms with E-state index in [0.29, 0.717) is 5.13 Å². The molecule has 1 aromatic rings. The summed E-state index contributed by atoms with van der Waals surface area (Å²) in [5.41, 5.74) is 6.84. The molecule has 0 bridgehead atoms. The molecule has 0 aliphatic carbocycles. The number of hydrogen-bond donors (Lipinski definition) is 1. The molecular weight excluding hydrogens is 154 g/mol. The van der Waals surface area contributed by atoms with E-state index in [1.807, 2.05) is 5.38 Å². The van der Waals surface area contributed by atoms with Gasteiger partial charge in [-0.25, -0.2) is 4.98 Å². The van der Waals surface area contributed by atoms with Crippen molar-refractivity contribution in [1.29, 1.82) is 0 Å². The second kappa shape index (κ2) is 2.75. The van der Waals surface area contributed by atoms with Crippen LogP contribution in [0.5, 0.6) is 0 Å². The van der Waals surface area contributed by atoms with Gasteiger partial charge in [-0.3, -0.25) is 5.73 Å². The van der Waals surface area contributed by atoms with Gasteiger partial charge in [0.25, 0.3) is 0 Å². The van der Waals surface area contributed by atoms with Gasteiger partial charge in [0.15, 0.2) is 10.2 Å². The van der Waals surface area contributed by atoms with Crippen molar-refractivity contribution in [3.05, 3.63) is 11.6 Å². The fourth-order valence-electron chi connectivity index (χ4n) is 0.382. The van der Waals surface area contributed by atoms with Crippen molar-refractivity contribution in [2.24, 2.45) is 0 Å². The molecule has 0 aromatic carbocycles. The molecule has 0 unspecified atom stereocenters. The Morgan fingerprint density at radius 1 is 1.89 bits per heavy atom. The first-order valence-corrected chi connectivity index (χ1v) is 3.50. The monoisotopic (exact) mass is 158 g/mol. The van der Waals surface area contributed by atoms with Crippen LogP contribution in [0.4, 0.5) is 5.13 Å². The standard InChI is InChI=1S/C4H4N3S2/c5-3(8)7-4-6-1-2-9-4/h1-2,5H,(H,6,7,8). The van der Waals surface area contributed by atoms with Gasteiger partial charge in [0.1, 0.15) is 0 Å². The third kappa shape index (κ3) is 1.95. The van der Waals surface area contributed by atoms with Crippen LogP contribution in [0.3, 0.4) is 0 Å². The molecule has 0 saturated heterocycles. The Morgan fingerprint density at radius 3 is 3.11 bits per heavy atom. The third-order valence-electron chi connectivity index (χ3n) is 0.653. The van der Waals surface area contributed by atoms with Crippen LogP contribution < -0.4 is 11.1 Å². The summed E-state index contributed by atoms with van der Waals surface area (Å²) in [5, 5.41) is 5.09. The zero-order valence-corrected chi connectivity index (χ0v) is 6.05. The molecule has 0 saturated carbocycles. The maximum Gasteiger partial charge on any atom is 0.191 e. The normalized spacial score (nSPS) is 8.89. The fourth-order valence-corrected chi connectivity index (χ4v) is 1.08. The third-order valence-corrected chi connectivity index (χ3v) is 1.44. The molecule has 0 aliphatic rings. The number of thiocarbonyl (C=S) groups is 1. The minimum absolute atomic E-state index is 0.00458. The smallest absolute Gasteiger partial charge is 0.191 e. The highest BCUT2D eigenvalue weighted by atomic mass is 32.1. The van der Waals surface area contributed by atoms with Crippen LogP contribution in [0.15, 0.2) is 11.6 Å². The molecule has 9 heavy (non-hydrogen) atoms. The molecular formula is C4H4N3S2. The van der Waals surface area contributed by atoms with Crippen molar-refractivity contribution in [1.82, 2.24) is 10.7 Å². The van der Waals surface area contributed by atoms with Gasteiger partial charge in [0, 0.05) is 11.6 Å².